The number of nitro benzene ring substituents is 1. The number of nitro groups is 1. The number of carbonyl (C=O) groups excluding carboxylic acids is 1. The second kappa shape index (κ2) is 7.56. The Morgan fingerprint density at radius 2 is 1.88 bits per heavy atom. The average Bonchev–Trinajstić information content (AvgIpc) is 2.57. The van der Waals surface area contributed by atoms with E-state index in [9.17, 15) is 23.7 Å². The Morgan fingerprint density at radius 1 is 1.24 bits per heavy atom. The van der Waals surface area contributed by atoms with Crippen molar-refractivity contribution in [2.45, 2.75) is 0 Å². The van der Waals surface area contributed by atoms with Gasteiger partial charge in [-0.1, -0.05) is 0 Å². The van der Waals surface area contributed by atoms with Crippen LogP contribution in [0.15, 0.2) is 36.4 Å². The number of nitrogens with two attached hydrogens (primary N) is 1. The summed E-state index contributed by atoms with van der Waals surface area (Å²) in [7, 11) is 1.42. The van der Waals surface area contributed by atoms with Crippen LogP contribution in [0.25, 0.3) is 0 Å². The third kappa shape index (κ3) is 4.40. The van der Waals surface area contributed by atoms with E-state index in [1.54, 1.807) is 0 Å². The minimum atomic E-state index is -0.930. The van der Waals surface area contributed by atoms with Crippen molar-refractivity contribution < 1.29 is 23.2 Å². The first-order chi connectivity index (χ1) is 11.8. The molecule has 0 heterocycles. The number of carbonyl (C=O) groups is 1. The predicted molar refractivity (Wildman–Crippen MR) is 86.3 cm³/mol. The monoisotopic (exact) mass is 351 g/mol. The van der Waals surface area contributed by atoms with Gasteiger partial charge in [0, 0.05) is 7.05 Å². The molecule has 0 saturated carbocycles. The van der Waals surface area contributed by atoms with Crippen molar-refractivity contribution in [3.63, 3.8) is 0 Å². The largest absolute Gasteiger partial charge is 0.492 e. The third-order valence-corrected chi connectivity index (χ3v) is 3.41. The van der Waals surface area contributed by atoms with Crippen molar-refractivity contribution >= 4 is 17.3 Å². The lowest BCUT2D eigenvalue weighted by molar-refractivity contribution is -0.384. The summed E-state index contributed by atoms with van der Waals surface area (Å²) in [5.74, 6) is -1.59. The molecule has 0 atom stereocenters. The molecule has 2 aromatic rings. The Balaban J connectivity index is 2.04. The summed E-state index contributed by atoms with van der Waals surface area (Å²) in [5.41, 5.74) is 4.24. The van der Waals surface area contributed by atoms with E-state index in [1.165, 1.54) is 36.2 Å². The first-order valence-electron chi connectivity index (χ1n) is 7.17. The van der Waals surface area contributed by atoms with Crippen molar-refractivity contribution in [2.24, 2.45) is 0 Å². The van der Waals surface area contributed by atoms with Crippen molar-refractivity contribution in [1.29, 1.82) is 0 Å². The number of likely N-dealkylation sites (N-methyl/N-ethyl adjacent to an activating group) is 1. The molecule has 0 bridgehead atoms. The second-order valence-corrected chi connectivity index (χ2v) is 5.17. The fraction of sp³-hybridized carbons (Fsp3) is 0.188. The van der Waals surface area contributed by atoms with E-state index in [2.05, 4.69) is 0 Å². The van der Waals surface area contributed by atoms with Crippen LogP contribution in [0.2, 0.25) is 0 Å². The molecule has 0 aliphatic heterocycles. The smallest absolute Gasteiger partial charge is 0.295 e. The van der Waals surface area contributed by atoms with Crippen LogP contribution in [0, 0.1) is 21.7 Å². The molecular formula is C16H15F2N3O4. The number of hydrogen-bond acceptors (Lipinski definition) is 5. The number of hydrogen-bond donors (Lipinski definition) is 1. The minimum absolute atomic E-state index is 0.0885. The van der Waals surface area contributed by atoms with Gasteiger partial charge in [0.25, 0.3) is 11.6 Å². The molecule has 0 saturated heterocycles. The molecule has 0 aromatic heterocycles. The van der Waals surface area contributed by atoms with Crippen LogP contribution in [-0.4, -0.2) is 35.9 Å². The molecule has 0 spiro atoms. The van der Waals surface area contributed by atoms with E-state index >= 15 is 0 Å². The van der Waals surface area contributed by atoms with Gasteiger partial charge in [-0.15, -0.1) is 0 Å². The molecule has 2 aromatic carbocycles. The minimum Gasteiger partial charge on any atom is -0.492 e. The number of nitrogen functional groups attached to an aromatic ring is 1. The van der Waals surface area contributed by atoms with Crippen molar-refractivity contribution in [1.82, 2.24) is 4.90 Å². The maximum absolute atomic E-state index is 13.5. The predicted octanol–water partition coefficient (Wildman–Crippen LogP) is 2.61. The highest BCUT2D eigenvalue weighted by molar-refractivity contribution is 6.00. The average molecular weight is 351 g/mol. The number of rotatable bonds is 6. The first-order valence-corrected chi connectivity index (χ1v) is 7.17. The molecule has 0 unspecified atom stereocenters. The fourth-order valence-corrected chi connectivity index (χ4v) is 2.07. The number of ether oxygens (including phenoxy) is 1. The van der Waals surface area contributed by atoms with Gasteiger partial charge in [-0.05, 0) is 30.3 Å². The van der Waals surface area contributed by atoms with Gasteiger partial charge in [-0.25, -0.2) is 8.78 Å². The molecule has 0 aliphatic rings. The Bertz CT molecular complexity index is 797. The van der Waals surface area contributed by atoms with Crippen LogP contribution in [0.5, 0.6) is 5.75 Å². The number of amides is 1. The molecule has 0 radical (unpaired) electrons. The lowest BCUT2D eigenvalue weighted by Gasteiger charge is -2.18. The molecule has 7 nitrogen and oxygen atoms in total. The van der Waals surface area contributed by atoms with E-state index in [0.717, 1.165) is 6.07 Å². The van der Waals surface area contributed by atoms with E-state index in [-0.39, 0.29) is 18.7 Å². The maximum Gasteiger partial charge on any atom is 0.295 e. The highest BCUT2D eigenvalue weighted by Gasteiger charge is 2.23. The van der Waals surface area contributed by atoms with Crippen molar-refractivity contribution in [3.8, 4) is 5.75 Å². The Hall–Kier alpha value is -3.23. The van der Waals surface area contributed by atoms with Crippen LogP contribution in [0.1, 0.15) is 10.4 Å². The number of halogens is 2. The normalized spacial score (nSPS) is 10.4. The lowest BCUT2D eigenvalue weighted by Crippen LogP contribution is -2.31. The van der Waals surface area contributed by atoms with E-state index in [4.69, 9.17) is 10.5 Å². The van der Waals surface area contributed by atoms with Gasteiger partial charge in [-0.2, -0.15) is 0 Å². The van der Waals surface area contributed by atoms with Gasteiger partial charge in [-0.3, -0.25) is 14.9 Å². The zero-order valence-electron chi connectivity index (χ0n) is 13.2. The summed E-state index contributed by atoms with van der Waals surface area (Å²) in [6.07, 6.45) is 0. The summed E-state index contributed by atoms with van der Waals surface area (Å²) in [6.45, 7) is 0.200. The molecule has 25 heavy (non-hydrogen) atoms. The van der Waals surface area contributed by atoms with Gasteiger partial charge in [0.15, 0.2) is 0 Å². The van der Waals surface area contributed by atoms with Crippen molar-refractivity contribution in [2.75, 3.05) is 25.9 Å². The van der Waals surface area contributed by atoms with Crippen LogP contribution in [0.4, 0.5) is 20.2 Å². The van der Waals surface area contributed by atoms with Crippen LogP contribution in [-0.2, 0) is 0 Å². The van der Waals surface area contributed by atoms with Gasteiger partial charge >= 0.3 is 0 Å². The molecule has 1 amide bonds. The SMILES string of the molecule is CN(CCOc1ccc(F)cc1)C(=O)c1cc(F)cc([N+](=O)[O-])c1N. The van der Waals surface area contributed by atoms with Crippen LogP contribution in [0.3, 0.4) is 0 Å². The van der Waals surface area contributed by atoms with Gasteiger partial charge in [0.2, 0.25) is 0 Å². The fourth-order valence-electron chi connectivity index (χ4n) is 2.07. The number of benzene rings is 2. The Labute approximate surface area is 141 Å². The van der Waals surface area contributed by atoms with Gasteiger partial charge in [0.1, 0.15) is 29.7 Å². The summed E-state index contributed by atoms with van der Waals surface area (Å²) in [5, 5.41) is 10.9. The molecular weight excluding hydrogens is 336 g/mol. The standard InChI is InChI=1S/C16H15F2N3O4/c1-20(6-7-25-12-4-2-10(17)3-5-12)16(22)13-8-11(18)9-14(15(13)19)21(23)24/h2-5,8-9H,6-7,19H2,1H3. The molecule has 2 rings (SSSR count). The lowest BCUT2D eigenvalue weighted by atomic mass is 10.1. The van der Waals surface area contributed by atoms with Gasteiger partial charge in [0.05, 0.1) is 23.1 Å². The first kappa shape index (κ1) is 18.1. The third-order valence-electron chi connectivity index (χ3n) is 3.41. The van der Waals surface area contributed by atoms with Gasteiger partial charge < -0.3 is 15.4 Å². The molecule has 0 fully saturated rings. The Kier molecular flexibility index (Phi) is 5.48. The summed E-state index contributed by atoms with van der Waals surface area (Å²) < 4.78 is 31.7. The number of nitrogens with zero attached hydrogens (tertiary/aromatic N) is 2. The maximum atomic E-state index is 13.5. The quantitative estimate of drug-likeness (QED) is 0.490. The van der Waals surface area contributed by atoms with Crippen LogP contribution >= 0.6 is 0 Å². The van der Waals surface area contributed by atoms with E-state index in [0.29, 0.717) is 11.8 Å². The van der Waals surface area contributed by atoms with Crippen LogP contribution < -0.4 is 10.5 Å². The summed E-state index contributed by atoms with van der Waals surface area (Å²) in [6, 6.07) is 6.84. The topological polar surface area (TPSA) is 98.7 Å². The zero-order chi connectivity index (χ0) is 18.6. The van der Waals surface area contributed by atoms with E-state index in [1.807, 2.05) is 0 Å². The van der Waals surface area contributed by atoms with Crippen molar-refractivity contribution in [3.05, 3.63) is 63.7 Å². The van der Waals surface area contributed by atoms with E-state index < -0.39 is 33.8 Å². The summed E-state index contributed by atoms with van der Waals surface area (Å²) >= 11 is 0. The highest BCUT2D eigenvalue weighted by Crippen LogP contribution is 2.27. The number of anilines is 1. The zero-order valence-corrected chi connectivity index (χ0v) is 13.2. The molecule has 9 heteroatoms. The Morgan fingerprint density at radius 3 is 2.48 bits per heavy atom. The molecule has 132 valence electrons. The highest BCUT2D eigenvalue weighted by atomic mass is 19.1. The molecule has 2 N–H and O–H groups in total. The summed E-state index contributed by atoms with van der Waals surface area (Å²) in [4.78, 5) is 23.5. The second-order valence-electron chi connectivity index (χ2n) is 5.17. The molecule has 0 aliphatic carbocycles.